The lowest BCUT2D eigenvalue weighted by Gasteiger charge is -2.33. The number of methoxy groups -OCH3 is 1. The van der Waals surface area contributed by atoms with Gasteiger partial charge in [-0.3, -0.25) is 13.9 Å². The maximum absolute atomic E-state index is 13.8. The van der Waals surface area contributed by atoms with E-state index >= 15 is 0 Å². The Hall–Kier alpha value is -2.78. The number of carbonyl (C=O) groups excluding carboxylic acids is 2. The number of ether oxygens (including phenoxy) is 1. The number of aryl methyl sites for hydroxylation is 1. The van der Waals surface area contributed by atoms with E-state index < -0.39 is 28.5 Å². The average Bonchev–Trinajstić information content (AvgIpc) is 2.82. The number of rotatable bonds is 12. The van der Waals surface area contributed by atoms with E-state index in [1.54, 1.807) is 42.5 Å². The molecular weight excluding hydrogens is 502 g/mol. The highest BCUT2D eigenvalue weighted by Crippen LogP contribution is 2.31. The Balaban J connectivity index is 2.50. The molecule has 2 aromatic carbocycles. The zero-order valence-corrected chi connectivity index (χ0v) is 23.3. The zero-order valence-electron chi connectivity index (χ0n) is 21.7. The summed E-state index contributed by atoms with van der Waals surface area (Å²) in [6.45, 7) is 7.13. The molecule has 0 aliphatic carbocycles. The van der Waals surface area contributed by atoms with Gasteiger partial charge in [-0.25, -0.2) is 8.42 Å². The summed E-state index contributed by atoms with van der Waals surface area (Å²) in [6.07, 6.45) is 2.13. The number of nitrogens with one attached hydrogen (secondary N) is 1. The quantitative estimate of drug-likeness (QED) is 0.439. The van der Waals surface area contributed by atoms with Gasteiger partial charge in [0, 0.05) is 17.6 Å². The summed E-state index contributed by atoms with van der Waals surface area (Å²) in [7, 11) is -2.42. The fourth-order valence-electron chi connectivity index (χ4n) is 3.74. The van der Waals surface area contributed by atoms with E-state index in [0.29, 0.717) is 17.2 Å². The number of nitrogens with zero attached hydrogens (tertiary/aromatic N) is 2. The molecule has 0 aliphatic heterocycles. The summed E-state index contributed by atoms with van der Waals surface area (Å²) in [6, 6.07) is 11.2. The van der Waals surface area contributed by atoms with E-state index in [9.17, 15) is 18.0 Å². The molecule has 0 saturated heterocycles. The lowest BCUT2D eigenvalue weighted by Crippen LogP contribution is -2.53. The van der Waals surface area contributed by atoms with Crippen molar-refractivity contribution in [2.24, 2.45) is 0 Å². The maximum atomic E-state index is 13.8. The monoisotopic (exact) mass is 537 g/mol. The summed E-state index contributed by atoms with van der Waals surface area (Å²) >= 11 is 6.02. The van der Waals surface area contributed by atoms with Crippen LogP contribution in [0.5, 0.6) is 5.75 Å². The minimum absolute atomic E-state index is 0.0666. The lowest BCUT2D eigenvalue weighted by atomic mass is 10.1. The van der Waals surface area contributed by atoms with Crippen molar-refractivity contribution in [2.75, 3.05) is 24.2 Å². The van der Waals surface area contributed by atoms with Gasteiger partial charge in [-0.15, -0.1) is 0 Å². The Kier molecular flexibility index (Phi) is 10.6. The van der Waals surface area contributed by atoms with Gasteiger partial charge >= 0.3 is 0 Å². The molecule has 0 unspecified atom stereocenters. The van der Waals surface area contributed by atoms with Crippen molar-refractivity contribution in [2.45, 2.75) is 59.2 Å². The lowest BCUT2D eigenvalue weighted by molar-refractivity contribution is -0.140. The molecule has 8 nitrogen and oxygen atoms in total. The van der Waals surface area contributed by atoms with Crippen molar-refractivity contribution < 1.29 is 22.7 Å². The van der Waals surface area contributed by atoms with Crippen molar-refractivity contribution >= 4 is 39.1 Å². The third kappa shape index (κ3) is 7.86. The topological polar surface area (TPSA) is 96.0 Å². The molecule has 2 amide bonds. The molecule has 0 saturated carbocycles. The minimum Gasteiger partial charge on any atom is -0.495 e. The second-order valence-electron chi connectivity index (χ2n) is 8.83. The van der Waals surface area contributed by atoms with Gasteiger partial charge in [0.15, 0.2) is 0 Å². The average molecular weight is 538 g/mol. The number of hydrogen-bond donors (Lipinski definition) is 1. The van der Waals surface area contributed by atoms with Crippen LogP contribution in [-0.4, -0.2) is 57.1 Å². The normalized spacial score (nSPS) is 13.0. The molecule has 0 aliphatic rings. The molecule has 0 radical (unpaired) electrons. The standard InChI is InChI=1S/C26H36ClN3O5S/c1-7-19(4)28-26(32)22(8-2)29(16-20-10-12-21(27)13-11-20)25(31)17-30(36(6,33)34)23-15-18(3)9-14-24(23)35-5/h9-15,19,22H,7-8,16-17H2,1-6H3,(H,28,32)/t19-,22-/m0/s1. The van der Waals surface area contributed by atoms with Gasteiger partial charge in [-0.2, -0.15) is 0 Å². The van der Waals surface area contributed by atoms with Crippen LogP contribution in [0.2, 0.25) is 5.02 Å². The summed E-state index contributed by atoms with van der Waals surface area (Å²) in [5, 5.41) is 3.50. The van der Waals surface area contributed by atoms with E-state index in [1.165, 1.54) is 12.0 Å². The largest absolute Gasteiger partial charge is 0.495 e. The molecule has 198 valence electrons. The Morgan fingerprint density at radius 3 is 2.25 bits per heavy atom. The molecule has 0 fully saturated rings. The number of anilines is 1. The third-order valence-electron chi connectivity index (χ3n) is 5.94. The zero-order chi connectivity index (χ0) is 27.0. The molecule has 2 atom stereocenters. The maximum Gasteiger partial charge on any atom is 0.244 e. The molecule has 0 aromatic heterocycles. The van der Waals surface area contributed by atoms with E-state index in [4.69, 9.17) is 16.3 Å². The van der Waals surface area contributed by atoms with Gasteiger partial charge in [-0.05, 0) is 62.1 Å². The molecule has 2 aromatic rings. The van der Waals surface area contributed by atoms with Gasteiger partial charge in [-0.1, -0.05) is 43.6 Å². The van der Waals surface area contributed by atoms with Crippen LogP contribution in [0, 0.1) is 6.92 Å². The fourth-order valence-corrected chi connectivity index (χ4v) is 4.71. The number of halogens is 1. The molecule has 1 N–H and O–H groups in total. The highest BCUT2D eigenvalue weighted by molar-refractivity contribution is 7.92. The minimum atomic E-state index is -3.86. The number of amides is 2. The van der Waals surface area contributed by atoms with E-state index in [-0.39, 0.29) is 24.2 Å². The molecule has 0 spiro atoms. The predicted molar refractivity (Wildman–Crippen MR) is 144 cm³/mol. The van der Waals surface area contributed by atoms with Gasteiger partial charge in [0.2, 0.25) is 21.8 Å². The number of hydrogen-bond acceptors (Lipinski definition) is 5. The molecule has 2 rings (SSSR count). The second kappa shape index (κ2) is 13.0. The first kappa shape index (κ1) is 29.5. The summed E-state index contributed by atoms with van der Waals surface area (Å²) in [5.74, 6) is -0.470. The van der Waals surface area contributed by atoms with Gasteiger partial charge in [0.25, 0.3) is 0 Å². The van der Waals surface area contributed by atoms with Crippen molar-refractivity contribution in [1.82, 2.24) is 10.2 Å². The molecule has 0 bridgehead atoms. The van der Waals surface area contributed by atoms with Crippen LogP contribution in [0.15, 0.2) is 42.5 Å². The first-order valence-electron chi connectivity index (χ1n) is 11.9. The summed E-state index contributed by atoms with van der Waals surface area (Å²) in [5.41, 5.74) is 1.84. The summed E-state index contributed by atoms with van der Waals surface area (Å²) < 4.78 is 32.1. The second-order valence-corrected chi connectivity index (χ2v) is 11.2. The molecule has 10 heteroatoms. The van der Waals surface area contributed by atoms with E-state index in [0.717, 1.165) is 28.1 Å². The highest BCUT2D eigenvalue weighted by Gasteiger charge is 2.33. The first-order valence-corrected chi connectivity index (χ1v) is 14.1. The van der Waals surface area contributed by atoms with E-state index in [2.05, 4.69) is 5.32 Å². The Morgan fingerprint density at radius 2 is 1.72 bits per heavy atom. The van der Waals surface area contributed by atoms with Crippen LogP contribution in [0.3, 0.4) is 0 Å². The Bertz CT molecular complexity index is 1150. The molecule has 0 heterocycles. The van der Waals surface area contributed by atoms with Crippen LogP contribution in [0.4, 0.5) is 5.69 Å². The number of carbonyl (C=O) groups is 2. The van der Waals surface area contributed by atoms with Gasteiger partial charge in [0.1, 0.15) is 18.3 Å². The molecular formula is C26H36ClN3O5S. The van der Waals surface area contributed by atoms with Crippen molar-refractivity contribution in [3.05, 3.63) is 58.6 Å². The first-order chi connectivity index (χ1) is 16.9. The van der Waals surface area contributed by atoms with Crippen LogP contribution in [0.25, 0.3) is 0 Å². The smallest absolute Gasteiger partial charge is 0.244 e. The number of benzene rings is 2. The third-order valence-corrected chi connectivity index (χ3v) is 7.31. The Labute approximate surface area is 219 Å². The van der Waals surface area contributed by atoms with Crippen molar-refractivity contribution in [3.63, 3.8) is 0 Å². The number of sulfonamides is 1. The van der Waals surface area contributed by atoms with Crippen LogP contribution < -0.4 is 14.4 Å². The Morgan fingerprint density at radius 1 is 1.08 bits per heavy atom. The van der Waals surface area contributed by atoms with E-state index in [1.807, 2.05) is 27.7 Å². The highest BCUT2D eigenvalue weighted by atomic mass is 35.5. The van der Waals surface area contributed by atoms with Gasteiger partial charge in [0.05, 0.1) is 19.1 Å². The van der Waals surface area contributed by atoms with Gasteiger partial charge < -0.3 is 15.0 Å². The summed E-state index contributed by atoms with van der Waals surface area (Å²) in [4.78, 5) is 28.3. The van der Waals surface area contributed by atoms with Crippen LogP contribution in [0.1, 0.15) is 44.7 Å². The SMILES string of the molecule is CC[C@H](C)NC(=O)[C@H](CC)N(Cc1ccc(Cl)cc1)C(=O)CN(c1cc(C)ccc1OC)S(C)(=O)=O. The predicted octanol–water partition coefficient (Wildman–Crippen LogP) is 4.15. The van der Waals surface area contributed by atoms with Crippen molar-refractivity contribution in [3.8, 4) is 5.75 Å². The van der Waals surface area contributed by atoms with Crippen LogP contribution >= 0.6 is 11.6 Å². The van der Waals surface area contributed by atoms with Crippen molar-refractivity contribution in [1.29, 1.82) is 0 Å². The van der Waals surface area contributed by atoms with Crippen LogP contribution in [-0.2, 0) is 26.2 Å². The molecule has 36 heavy (non-hydrogen) atoms. The fraction of sp³-hybridized carbons (Fsp3) is 0.462.